The third-order valence-electron chi connectivity index (χ3n) is 3.30. The summed E-state index contributed by atoms with van der Waals surface area (Å²) in [6.07, 6.45) is -2.45. The van der Waals surface area contributed by atoms with Crippen LogP contribution in [0, 0.1) is 5.92 Å². The molecule has 0 radical (unpaired) electrons. The van der Waals surface area contributed by atoms with Crippen LogP contribution in [0.2, 0.25) is 0 Å². The summed E-state index contributed by atoms with van der Waals surface area (Å²) in [7, 11) is 0. The molecule has 0 aromatic heterocycles. The van der Waals surface area contributed by atoms with Gasteiger partial charge < -0.3 is 5.32 Å². The SMILES string of the molecule is CCC(CNC(C)(C)C)Cc1ccc(C(F)(F)F)cc1. The van der Waals surface area contributed by atoms with Crippen molar-refractivity contribution in [1.29, 1.82) is 0 Å². The van der Waals surface area contributed by atoms with Crippen molar-refractivity contribution in [2.45, 2.75) is 52.3 Å². The monoisotopic (exact) mass is 287 g/mol. The van der Waals surface area contributed by atoms with Crippen molar-refractivity contribution in [1.82, 2.24) is 5.32 Å². The van der Waals surface area contributed by atoms with Gasteiger partial charge >= 0.3 is 6.18 Å². The van der Waals surface area contributed by atoms with E-state index in [2.05, 4.69) is 33.0 Å². The van der Waals surface area contributed by atoms with Crippen LogP contribution in [0.15, 0.2) is 24.3 Å². The molecular weight excluding hydrogens is 263 g/mol. The largest absolute Gasteiger partial charge is 0.416 e. The molecule has 1 aromatic carbocycles. The molecule has 4 heteroatoms. The topological polar surface area (TPSA) is 12.0 Å². The summed E-state index contributed by atoms with van der Waals surface area (Å²) in [4.78, 5) is 0. The van der Waals surface area contributed by atoms with E-state index in [9.17, 15) is 13.2 Å². The molecule has 0 aliphatic heterocycles. The Hall–Kier alpha value is -1.03. The van der Waals surface area contributed by atoms with Crippen molar-refractivity contribution in [2.75, 3.05) is 6.54 Å². The molecule has 0 spiro atoms. The number of nitrogens with one attached hydrogen (secondary N) is 1. The summed E-state index contributed by atoms with van der Waals surface area (Å²) in [6, 6.07) is 5.50. The molecule has 1 unspecified atom stereocenters. The molecule has 0 amide bonds. The second kappa shape index (κ2) is 6.61. The molecule has 0 saturated heterocycles. The summed E-state index contributed by atoms with van der Waals surface area (Å²) < 4.78 is 37.5. The highest BCUT2D eigenvalue weighted by Gasteiger charge is 2.29. The maximum atomic E-state index is 12.5. The predicted octanol–water partition coefficient (Wildman–Crippen LogP) is 4.66. The lowest BCUT2D eigenvalue weighted by molar-refractivity contribution is -0.137. The van der Waals surface area contributed by atoms with Crippen molar-refractivity contribution in [3.63, 3.8) is 0 Å². The quantitative estimate of drug-likeness (QED) is 0.830. The Kier molecular flexibility index (Phi) is 5.63. The average Bonchev–Trinajstić information content (AvgIpc) is 2.33. The fourth-order valence-electron chi connectivity index (χ4n) is 1.97. The minimum absolute atomic E-state index is 0.0631. The lowest BCUT2D eigenvalue weighted by Crippen LogP contribution is -2.39. The van der Waals surface area contributed by atoms with Crippen LogP contribution in [0.5, 0.6) is 0 Å². The van der Waals surface area contributed by atoms with Crippen molar-refractivity contribution >= 4 is 0 Å². The second-order valence-corrected chi connectivity index (χ2v) is 6.30. The lowest BCUT2D eigenvalue weighted by atomic mass is 9.95. The zero-order valence-electron chi connectivity index (χ0n) is 12.6. The Morgan fingerprint density at radius 3 is 2.00 bits per heavy atom. The van der Waals surface area contributed by atoms with E-state index < -0.39 is 11.7 Å². The number of halogens is 3. The molecule has 1 aromatic rings. The molecule has 1 N–H and O–H groups in total. The van der Waals surface area contributed by atoms with Crippen LogP contribution < -0.4 is 5.32 Å². The Bertz CT molecular complexity index is 401. The fraction of sp³-hybridized carbons (Fsp3) is 0.625. The maximum Gasteiger partial charge on any atom is 0.416 e. The lowest BCUT2D eigenvalue weighted by Gasteiger charge is -2.25. The van der Waals surface area contributed by atoms with Gasteiger partial charge in [-0.05, 0) is 57.4 Å². The van der Waals surface area contributed by atoms with E-state index in [1.165, 1.54) is 12.1 Å². The fourth-order valence-corrected chi connectivity index (χ4v) is 1.97. The van der Waals surface area contributed by atoms with Crippen LogP contribution >= 0.6 is 0 Å². The van der Waals surface area contributed by atoms with E-state index in [1.807, 2.05) is 0 Å². The highest BCUT2D eigenvalue weighted by Crippen LogP contribution is 2.29. The zero-order valence-corrected chi connectivity index (χ0v) is 12.6. The van der Waals surface area contributed by atoms with Gasteiger partial charge in [0.25, 0.3) is 0 Å². The summed E-state index contributed by atoms with van der Waals surface area (Å²) in [5.74, 6) is 0.436. The predicted molar refractivity (Wildman–Crippen MR) is 76.7 cm³/mol. The molecule has 0 aliphatic carbocycles. The minimum Gasteiger partial charge on any atom is -0.312 e. The zero-order chi connectivity index (χ0) is 15.4. The standard InChI is InChI=1S/C16H24F3N/c1-5-12(11-20-15(2,3)4)10-13-6-8-14(9-7-13)16(17,18)19/h6-9,12,20H,5,10-11H2,1-4H3. The summed E-state index contributed by atoms with van der Waals surface area (Å²) in [5, 5.41) is 3.45. The third kappa shape index (κ3) is 5.95. The number of rotatable bonds is 5. The van der Waals surface area contributed by atoms with Gasteiger partial charge in [0.2, 0.25) is 0 Å². The van der Waals surface area contributed by atoms with Crippen LogP contribution in [0.4, 0.5) is 13.2 Å². The minimum atomic E-state index is -4.25. The Morgan fingerprint density at radius 2 is 1.60 bits per heavy atom. The van der Waals surface area contributed by atoms with E-state index in [0.29, 0.717) is 5.92 Å². The first-order valence-electron chi connectivity index (χ1n) is 7.03. The van der Waals surface area contributed by atoms with Crippen molar-refractivity contribution in [3.8, 4) is 0 Å². The highest BCUT2D eigenvalue weighted by atomic mass is 19.4. The van der Waals surface area contributed by atoms with Crippen molar-refractivity contribution in [3.05, 3.63) is 35.4 Å². The van der Waals surface area contributed by atoms with Crippen molar-refractivity contribution in [2.24, 2.45) is 5.92 Å². The number of hydrogen-bond donors (Lipinski definition) is 1. The van der Waals surface area contributed by atoms with Gasteiger partial charge in [-0.1, -0.05) is 25.5 Å². The van der Waals surface area contributed by atoms with Gasteiger partial charge in [0, 0.05) is 5.54 Å². The Labute approximate surface area is 119 Å². The molecule has 0 heterocycles. The molecule has 0 fully saturated rings. The van der Waals surface area contributed by atoms with Gasteiger partial charge in [-0.3, -0.25) is 0 Å². The molecule has 1 nitrogen and oxygen atoms in total. The molecule has 114 valence electrons. The number of alkyl halides is 3. The molecule has 20 heavy (non-hydrogen) atoms. The van der Waals surface area contributed by atoms with E-state index in [0.717, 1.165) is 24.9 Å². The molecule has 0 bridgehead atoms. The van der Waals surface area contributed by atoms with Gasteiger partial charge in [0.05, 0.1) is 5.56 Å². The van der Waals surface area contributed by atoms with Gasteiger partial charge in [-0.2, -0.15) is 13.2 Å². The highest BCUT2D eigenvalue weighted by molar-refractivity contribution is 5.24. The second-order valence-electron chi connectivity index (χ2n) is 6.30. The molecule has 1 atom stereocenters. The van der Waals surface area contributed by atoms with E-state index in [1.54, 1.807) is 12.1 Å². The first-order chi connectivity index (χ1) is 9.12. The van der Waals surface area contributed by atoms with E-state index in [4.69, 9.17) is 0 Å². The molecular formula is C16H24F3N. The molecule has 0 saturated carbocycles. The van der Waals surface area contributed by atoms with Gasteiger partial charge in [-0.15, -0.1) is 0 Å². The van der Waals surface area contributed by atoms with Gasteiger partial charge in [0.15, 0.2) is 0 Å². The maximum absolute atomic E-state index is 12.5. The Morgan fingerprint density at radius 1 is 1.05 bits per heavy atom. The summed E-state index contributed by atoms with van der Waals surface area (Å²) in [5.41, 5.74) is 0.441. The van der Waals surface area contributed by atoms with Crippen LogP contribution in [-0.4, -0.2) is 12.1 Å². The molecule has 0 aliphatic rings. The third-order valence-corrected chi connectivity index (χ3v) is 3.30. The first-order valence-corrected chi connectivity index (χ1v) is 7.03. The van der Waals surface area contributed by atoms with Gasteiger partial charge in [0.1, 0.15) is 0 Å². The average molecular weight is 287 g/mol. The number of benzene rings is 1. The van der Waals surface area contributed by atoms with Gasteiger partial charge in [-0.25, -0.2) is 0 Å². The van der Waals surface area contributed by atoms with Crippen LogP contribution in [0.1, 0.15) is 45.2 Å². The van der Waals surface area contributed by atoms with Crippen molar-refractivity contribution < 1.29 is 13.2 Å². The van der Waals surface area contributed by atoms with Crippen LogP contribution in [-0.2, 0) is 12.6 Å². The molecule has 1 rings (SSSR count). The normalized spacial score (nSPS) is 14.3. The first kappa shape index (κ1) is 17.0. The summed E-state index contributed by atoms with van der Waals surface area (Å²) >= 11 is 0. The Balaban J connectivity index is 2.62. The van der Waals surface area contributed by atoms with E-state index in [-0.39, 0.29) is 5.54 Å². The van der Waals surface area contributed by atoms with Crippen LogP contribution in [0.25, 0.3) is 0 Å². The smallest absolute Gasteiger partial charge is 0.312 e. The summed E-state index contributed by atoms with van der Waals surface area (Å²) in [6.45, 7) is 9.31. The number of hydrogen-bond acceptors (Lipinski definition) is 1. The van der Waals surface area contributed by atoms with E-state index >= 15 is 0 Å². The van der Waals surface area contributed by atoms with Crippen LogP contribution in [0.3, 0.4) is 0 Å².